The highest BCUT2D eigenvalue weighted by molar-refractivity contribution is 6.10. The van der Waals surface area contributed by atoms with Crippen molar-refractivity contribution in [3.05, 3.63) is 103 Å². The van der Waals surface area contributed by atoms with Crippen LogP contribution in [0.1, 0.15) is 5.56 Å². The molecular weight excluding hydrogens is 314 g/mol. The van der Waals surface area contributed by atoms with Crippen LogP contribution in [0.15, 0.2) is 97.1 Å². The number of fused-ring (bicyclic) bond motifs is 3. The largest absolute Gasteiger partial charge is 0.309 e. The topological polar surface area (TPSA) is 4.93 Å². The van der Waals surface area contributed by atoms with E-state index in [1.807, 2.05) is 0 Å². The number of hydrogen-bond acceptors (Lipinski definition) is 0. The van der Waals surface area contributed by atoms with Crippen LogP contribution in [0.2, 0.25) is 0 Å². The Morgan fingerprint density at radius 2 is 1.23 bits per heavy atom. The van der Waals surface area contributed by atoms with Crippen LogP contribution in [-0.4, -0.2) is 4.57 Å². The third-order valence-electron chi connectivity index (χ3n) is 5.12. The molecule has 0 radical (unpaired) electrons. The van der Waals surface area contributed by atoms with Gasteiger partial charge in [-0.05, 0) is 53.9 Å². The van der Waals surface area contributed by atoms with Crippen LogP contribution in [0.25, 0.3) is 38.6 Å². The number of benzene rings is 4. The van der Waals surface area contributed by atoms with Gasteiger partial charge >= 0.3 is 0 Å². The first-order valence-electron chi connectivity index (χ1n) is 8.97. The molecule has 26 heavy (non-hydrogen) atoms. The Labute approximate surface area is 153 Å². The summed E-state index contributed by atoms with van der Waals surface area (Å²) in [4.78, 5) is 0. The number of para-hydroxylation sites is 2. The predicted octanol–water partition coefficient (Wildman–Crippen LogP) is 6.76. The maximum absolute atomic E-state index is 2.37. The van der Waals surface area contributed by atoms with Crippen LogP contribution in [0, 0.1) is 6.92 Å². The highest BCUT2D eigenvalue weighted by Gasteiger charge is 2.14. The lowest BCUT2D eigenvalue weighted by Gasteiger charge is -2.10. The van der Waals surface area contributed by atoms with Gasteiger partial charge in [-0.2, -0.15) is 0 Å². The van der Waals surface area contributed by atoms with E-state index in [4.69, 9.17) is 0 Å². The van der Waals surface area contributed by atoms with Crippen LogP contribution < -0.4 is 0 Å². The molecular formula is C25H19N. The van der Waals surface area contributed by atoms with Crippen molar-refractivity contribution >= 4 is 21.8 Å². The zero-order chi connectivity index (χ0) is 17.5. The molecule has 124 valence electrons. The van der Waals surface area contributed by atoms with Gasteiger partial charge in [-0.25, -0.2) is 0 Å². The van der Waals surface area contributed by atoms with Gasteiger partial charge in [0, 0.05) is 16.5 Å². The van der Waals surface area contributed by atoms with Crippen molar-refractivity contribution in [3.63, 3.8) is 0 Å². The second-order valence-electron chi connectivity index (χ2n) is 6.74. The molecule has 0 saturated carbocycles. The molecule has 0 saturated heterocycles. The molecule has 0 aliphatic heterocycles. The van der Waals surface area contributed by atoms with E-state index in [2.05, 4.69) is 109 Å². The molecule has 0 fully saturated rings. The van der Waals surface area contributed by atoms with Gasteiger partial charge in [-0.3, -0.25) is 0 Å². The summed E-state index contributed by atoms with van der Waals surface area (Å²) in [7, 11) is 0. The molecule has 0 aliphatic rings. The fraction of sp³-hybridized carbons (Fsp3) is 0.0400. The summed E-state index contributed by atoms with van der Waals surface area (Å²) in [5.41, 5.74) is 7.55. The van der Waals surface area contributed by atoms with Crippen LogP contribution >= 0.6 is 0 Å². The zero-order valence-electron chi connectivity index (χ0n) is 14.7. The van der Waals surface area contributed by atoms with Crippen LogP contribution in [0.5, 0.6) is 0 Å². The lowest BCUT2D eigenvalue weighted by Crippen LogP contribution is -1.94. The minimum atomic E-state index is 1.20. The summed E-state index contributed by atoms with van der Waals surface area (Å²) in [6.07, 6.45) is 0. The molecule has 1 nitrogen and oxygen atoms in total. The summed E-state index contributed by atoms with van der Waals surface area (Å²) in [6, 6.07) is 34.6. The number of nitrogens with zero attached hydrogens (tertiary/aromatic N) is 1. The van der Waals surface area contributed by atoms with Gasteiger partial charge in [0.15, 0.2) is 0 Å². The van der Waals surface area contributed by atoms with E-state index < -0.39 is 0 Å². The van der Waals surface area contributed by atoms with Gasteiger partial charge in [-0.15, -0.1) is 0 Å². The van der Waals surface area contributed by atoms with Crippen molar-refractivity contribution in [2.75, 3.05) is 0 Å². The number of aromatic nitrogens is 1. The SMILES string of the molecule is Cc1cc2c3ccccc3n(-c3ccccc3)c2cc1-c1ccccc1. The van der Waals surface area contributed by atoms with Gasteiger partial charge in [0.05, 0.1) is 11.0 Å². The van der Waals surface area contributed by atoms with E-state index in [1.54, 1.807) is 0 Å². The highest BCUT2D eigenvalue weighted by atomic mass is 15.0. The Hall–Kier alpha value is -3.32. The Morgan fingerprint density at radius 3 is 2.00 bits per heavy atom. The van der Waals surface area contributed by atoms with E-state index in [9.17, 15) is 0 Å². The Bertz CT molecular complexity index is 1210. The average Bonchev–Trinajstić information content (AvgIpc) is 3.02. The third kappa shape index (κ3) is 2.25. The molecule has 0 aliphatic carbocycles. The van der Waals surface area contributed by atoms with Gasteiger partial charge in [0.1, 0.15) is 0 Å². The van der Waals surface area contributed by atoms with Crippen molar-refractivity contribution in [1.29, 1.82) is 0 Å². The van der Waals surface area contributed by atoms with Crippen molar-refractivity contribution in [2.24, 2.45) is 0 Å². The van der Waals surface area contributed by atoms with E-state index in [0.29, 0.717) is 0 Å². The minimum Gasteiger partial charge on any atom is -0.309 e. The quantitative estimate of drug-likeness (QED) is 0.336. The zero-order valence-corrected chi connectivity index (χ0v) is 14.7. The van der Waals surface area contributed by atoms with E-state index in [1.165, 1.54) is 44.2 Å². The molecule has 5 aromatic rings. The van der Waals surface area contributed by atoms with Crippen LogP contribution in [0.3, 0.4) is 0 Å². The van der Waals surface area contributed by atoms with Crippen molar-refractivity contribution in [1.82, 2.24) is 4.57 Å². The first kappa shape index (κ1) is 15.0. The summed E-state index contributed by atoms with van der Waals surface area (Å²) in [5.74, 6) is 0. The molecule has 0 bridgehead atoms. The Kier molecular flexibility index (Phi) is 3.39. The molecule has 1 heterocycles. The van der Waals surface area contributed by atoms with Gasteiger partial charge < -0.3 is 4.57 Å². The van der Waals surface area contributed by atoms with Crippen LogP contribution in [-0.2, 0) is 0 Å². The van der Waals surface area contributed by atoms with Crippen molar-refractivity contribution < 1.29 is 0 Å². The molecule has 4 aromatic carbocycles. The van der Waals surface area contributed by atoms with E-state index >= 15 is 0 Å². The molecule has 0 atom stereocenters. The lowest BCUT2D eigenvalue weighted by molar-refractivity contribution is 1.18. The molecule has 0 amide bonds. The maximum atomic E-state index is 2.37. The van der Waals surface area contributed by atoms with Crippen molar-refractivity contribution in [3.8, 4) is 16.8 Å². The Balaban J connectivity index is 1.92. The number of hydrogen-bond donors (Lipinski definition) is 0. The number of aryl methyl sites for hydroxylation is 1. The highest BCUT2D eigenvalue weighted by Crippen LogP contribution is 2.36. The normalized spacial score (nSPS) is 11.3. The third-order valence-corrected chi connectivity index (χ3v) is 5.12. The molecule has 0 spiro atoms. The van der Waals surface area contributed by atoms with Gasteiger partial charge in [0.25, 0.3) is 0 Å². The summed E-state index contributed by atoms with van der Waals surface area (Å²) in [5, 5.41) is 2.61. The molecule has 0 unspecified atom stereocenters. The second-order valence-corrected chi connectivity index (χ2v) is 6.74. The molecule has 5 rings (SSSR count). The van der Waals surface area contributed by atoms with Gasteiger partial charge in [0.2, 0.25) is 0 Å². The van der Waals surface area contributed by atoms with E-state index in [0.717, 1.165) is 0 Å². The molecule has 1 aromatic heterocycles. The first-order valence-corrected chi connectivity index (χ1v) is 8.97. The van der Waals surface area contributed by atoms with Crippen LogP contribution in [0.4, 0.5) is 0 Å². The van der Waals surface area contributed by atoms with E-state index in [-0.39, 0.29) is 0 Å². The van der Waals surface area contributed by atoms with Gasteiger partial charge in [-0.1, -0.05) is 66.7 Å². The molecule has 1 heteroatoms. The summed E-state index contributed by atoms with van der Waals surface area (Å²) in [6.45, 7) is 2.20. The lowest BCUT2D eigenvalue weighted by atomic mass is 9.98. The first-order chi connectivity index (χ1) is 12.8. The average molecular weight is 333 g/mol. The summed E-state index contributed by atoms with van der Waals surface area (Å²) >= 11 is 0. The van der Waals surface area contributed by atoms with Crippen molar-refractivity contribution in [2.45, 2.75) is 6.92 Å². The second kappa shape index (κ2) is 5.89. The number of rotatable bonds is 2. The summed E-state index contributed by atoms with van der Waals surface area (Å²) < 4.78 is 2.37. The predicted molar refractivity (Wildman–Crippen MR) is 111 cm³/mol. The fourth-order valence-corrected chi connectivity index (χ4v) is 3.91. The molecule has 0 N–H and O–H groups in total. The smallest absolute Gasteiger partial charge is 0.0547 e. The standard InChI is InChI=1S/C25H19N/c1-18-16-23-21-14-8-9-15-24(21)26(20-12-6-3-7-13-20)25(23)17-22(18)19-10-4-2-5-11-19/h2-17H,1H3. The fourth-order valence-electron chi connectivity index (χ4n) is 3.91. The maximum Gasteiger partial charge on any atom is 0.0547 e. The monoisotopic (exact) mass is 333 g/mol. The minimum absolute atomic E-state index is 1.20. The Morgan fingerprint density at radius 1 is 0.577 bits per heavy atom.